The van der Waals surface area contributed by atoms with Gasteiger partial charge in [-0.3, -0.25) is 4.68 Å². The van der Waals surface area contributed by atoms with Gasteiger partial charge in [-0.2, -0.15) is 5.10 Å². The maximum atomic E-state index is 5.60. The molecule has 0 saturated heterocycles. The van der Waals surface area contributed by atoms with E-state index in [1.807, 2.05) is 55.9 Å². The molecule has 0 spiro atoms. The van der Waals surface area contributed by atoms with Gasteiger partial charge in [0.2, 0.25) is 0 Å². The normalized spacial score (nSPS) is 11.0. The van der Waals surface area contributed by atoms with Gasteiger partial charge in [0.25, 0.3) is 0 Å². The fourth-order valence-electron chi connectivity index (χ4n) is 1.33. The number of hydrogen-bond donors (Lipinski definition) is 1. The lowest BCUT2D eigenvalue weighted by Crippen LogP contribution is -1.83. The minimum Gasteiger partial charge on any atom is -0.399 e. The molecule has 0 radical (unpaired) electrons. The first-order valence-corrected chi connectivity index (χ1v) is 4.76. The van der Waals surface area contributed by atoms with Gasteiger partial charge in [-0.15, -0.1) is 0 Å². The average molecular weight is 199 g/mol. The zero-order valence-electron chi connectivity index (χ0n) is 8.59. The lowest BCUT2D eigenvalue weighted by molar-refractivity contribution is 0.767. The van der Waals surface area contributed by atoms with Crippen molar-refractivity contribution < 1.29 is 0 Å². The third kappa shape index (κ3) is 2.47. The number of benzene rings is 1. The van der Waals surface area contributed by atoms with E-state index >= 15 is 0 Å². The van der Waals surface area contributed by atoms with E-state index in [-0.39, 0.29) is 0 Å². The van der Waals surface area contributed by atoms with Gasteiger partial charge in [0, 0.05) is 24.5 Å². The summed E-state index contributed by atoms with van der Waals surface area (Å²) in [5, 5.41) is 4.09. The monoisotopic (exact) mass is 199 g/mol. The molecular weight excluding hydrogens is 186 g/mol. The summed E-state index contributed by atoms with van der Waals surface area (Å²) in [6.45, 7) is 0. The average Bonchev–Trinajstić information content (AvgIpc) is 2.64. The predicted molar refractivity (Wildman–Crippen MR) is 63.0 cm³/mol. The second-order valence-electron chi connectivity index (χ2n) is 3.45. The molecule has 0 bridgehead atoms. The smallest absolute Gasteiger partial charge is 0.0562 e. The molecule has 15 heavy (non-hydrogen) atoms. The van der Waals surface area contributed by atoms with Crippen LogP contribution in [0.5, 0.6) is 0 Å². The summed E-state index contributed by atoms with van der Waals surface area (Å²) in [5.41, 5.74) is 8.61. The Morgan fingerprint density at radius 3 is 2.40 bits per heavy atom. The molecule has 0 aliphatic rings. The Kier molecular flexibility index (Phi) is 2.54. The van der Waals surface area contributed by atoms with Gasteiger partial charge in [-0.05, 0) is 17.7 Å². The van der Waals surface area contributed by atoms with Crippen LogP contribution in [-0.4, -0.2) is 9.78 Å². The third-order valence-corrected chi connectivity index (χ3v) is 2.13. The number of aryl methyl sites for hydroxylation is 1. The summed E-state index contributed by atoms with van der Waals surface area (Å²) in [6, 6.07) is 7.76. The molecule has 2 rings (SSSR count). The molecule has 1 aromatic carbocycles. The minimum absolute atomic E-state index is 0.786. The van der Waals surface area contributed by atoms with Crippen LogP contribution >= 0.6 is 0 Å². The number of rotatable bonds is 2. The number of nitrogens with two attached hydrogens (primary N) is 1. The number of anilines is 1. The van der Waals surface area contributed by atoms with Gasteiger partial charge < -0.3 is 5.73 Å². The van der Waals surface area contributed by atoms with E-state index in [2.05, 4.69) is 5.10 Å². The van der Waals surface area contributed by atoms with Crippen LogP contribution < -0.4 is 5.73 Å². The van der Waals surface area contributed by atoms with Crippen LogP contribution in [0.2, 0.25) is 0 Å². The van der Waals surface area contributed by atoms with Gasteiger partial charge in [0.15, 0.2) is 0 Å². The van der Waals surface area contributed by atoms with Crippen molar-refractivity contribution in [1.29, 1.82) is 0 Å². The molecule has 0 unspecified atom stereocenters. The van der Waals surface area contributed by atoms with E-state index in [1.54, 1.807) is 4.68 Å². The first-order chi connectivity index (χ1) is 7.24. The number of hydrogen-bond acceptors (Lipinski definition) is 2. The zero-order chi connectivity index (χ0) is 10.7. The molecule has 0 saturated carbocycles. The Morgan fingerprint density at radius 2 is 1.80 bits per heavy atom. The first-order valence-electron chi connectivity index (χ1n) is 4.76. The third-order valence-electron chi connectivity index (χ3n) is 2.13. The van der Waals surface area contributed by atoms with E-state index in [0.29, 0.717) is 0 Å². The molecule has 0 aliphatic heterocycles. The maximum Gasteiger partial charge on any atom is 0.0562 e. The highest BCUT2D eigenvalue weighted by atomic mass is 15.2. The van der Waals surface area contributed by atoms with Gasteiger partial charge in [0.1, 0.15) is 0 Å². The van der Waals surface area contributed by atoms with Crippen LogP contribution in [0, 0.1) is 0 Å². The molecule has 3 nitrogen and oxygen atoms in total. The lowest BCUT2D eigenvalue weighted by atomic mass is 10.2. The molecule has 1 aromatic heterocycles. The zero-order valence-corrected chi connectivity index (χ0v) is 8.59. The van der Waals surface area contributed by atoms with Crippen molar-refractivity contribution in [3.63, 3.8) is 0 Å². The van der Waals surface area contributed by atoms with E-state index in [4.69, 9.17) is 5.73 Å². The number of nitrogen functional groups attached to an aromatic ring is 1. The van der Waals surface area contributed by atoms with Crippen LogP contribution in [0.1, 0.15) is 11.1 Å². The molecule has 1 heterocycles. The Labute approximate surface area is 88.8 Å². The van der Waals surface area contributed by atoms with Crippen molar-refractivity contribution in [2.45, 2.75) is 0 Å². The second-order valence-corrected chi connectivity index (χ2v) is 3.45. The molecule has 2 N–H and O–H groups in total. The van der Waals surface area contributed by atoms with E-state index in [0.717, 1.165) is 16.8 Å². The van der Waals surface area contributed by atoms with Crippen LogP contribution in [-0.2, 0) is 7.05 Å². The van der Waals surface area contributed by atoms with Crippen molar-refractivity contribution in [2.24, 2.45) is 7.05 Å². The summed E-state index contributed by atoms with van der Waals surface area (Å²) in [5.74, 6) is 0. The molecule has 0 aliphatic carbocycles. The summed E-state index contributed by atoms with van der Waals surface area (Å²) >= 11 is 0. The molecular formula is C12H13N3. The van der Waals surface area contributed by atoms with Gasteiger partial charge in [-0.25, -0.2) is 0 Å². The van der Waals surface area contributed by atoms with Crippen molar-refractivity contribution in [3.8, 4) is 0 Å². The van der Waals surface area contributed by atoms with Crippen molar-refractivity contribution in [2.75, 3.05) is 5.73 Å². The lowest BCUT2D eigenvalue weighted by Gasteiger charge is -1.93. The molecule has 0 atom stereocenters. The second kappa shape index (κ2) is 4.00. The minimum atomic E-state index is 0.786. The fraction of sp³-hybridized carbons (Fsp3) is 0.0833. The highest BCUT2D eigenvalue weighted by molar-refractivity contribution is 5.69. The van der Waals surface area contributed by atoms with Crippen LogP contribution in [0.25, 0.3) is 12.2 Å². The quantitative estimate of drug-likeness (QED) is 0.753. The highest BCUT2D eigenvalue weighted by Crippen LogP contribution is 2.09. The summed E-state index contributed by atoms with van der Waals surface area (Å²) < 4.78 is 1.78. The highest BCUT2D eigenvalue weighted by Gasteiger charge is 1.90. The van der Waals surface area contributed by atoms with Gasteiger partial charge in [0.05, 0.1) is 6.20 Å². The van der Waals surface area contributed by atoms with Crippen LogP contribution in [0.4, 0.5) is 5.69 Å². The SMILES string of the molecule is Cn1cc(/C=C/c2ccc(N)cc2)cn1. The Bertz CT molecular complexity index is 466. The summed E-state index contributed by atoms with van der Waals surface area (Å²) in [4.78, 5) is 0. The summed E-state index contributed by atoms with van der Waals surface area (Å²) in [6.07, 6.45) is 7.86. The molecule has 0 fully saturated rings. The molecule has 0 amide bonds. The molecule has 76 valence electrons. The molecule has 3 heteroatoms. The topological polar surface area (TPSA) is 43.8 Å². The standard InChI is InChI=1S/C12H13N3/c1-15-9-11(8-14-15)3-2-10-4-6-12(13)7-5-10/h2-9H,13H2,1H3/b3-2+. The first kappa shape index (κ1) is 9.52. The summed E-state index contributed by atoms with van der Waals surface area (Å²) in [7, 11) is 1.90. The van der Waals surface area contributed by atoms with Crippen molar-refractivity contribution in [1.82, 2.24) is 9.78 Å². The van der Waals surface area contributed by atoms with E-state index in [9.17, 15) is 0 Å². The number of aromatic nitrogens is 2. The van der Waals surface area contributed by atoms with E-state index in [1.165, 1.54) is 0 Å². The van der Waals surface area contributed by atoms with Gasteiger partial charge in [-0.1, -0.05) is 24.3 Å². The van der Waals surface area contributed by atoms with Gasteiger partial charge >= 0.3 is 0 Å². The Morgan fingerprint density at radius 1 is 1.13 bits per heavy atom. The van der Waals surface area contributed by atoms with Crippen molar-refractivity contribution >= 4 is 17.8 Å². The van der Waals surface area contributed by atoms with Crippen LogP contribution in [0.15, 0.2) is 36.7 Å². The van der Waals surface area contributed by atoms with Crippen molar-refractivity contribution in [3.05, 3.63) is 47.8 Å². The largest absolute Gasteiger partial charge is 0.399 e. The molecule has 2 aromatic rings. The maximum absolute atomic E-state index is 5.60. The Balaban J connectivity index is 2.14. The predicted octanol–water partition coefficient (Wildman–Crippen LogP) is 2.17. The number of nitrogens with zero attached hydrogens (tertiary/aromatic N) is 2. The van der Waals surface area contributed by atoms with E-state index < -0.39 is 0 Å². The fourth-order valence-corrected chi connectivity index (χ4v) is 1.33. The van der Waals surface area contributed by atoms with Crippen LogP contribution in [0.3, 0.4) is 0 Å². The Hall–Kier alpha value is -2.03.